The molecule has 0 aromatic rings. The minimum Gasteiger partial charge on any atom is -0.273 e. The van der Waals surface area contributed by atoms with Crippen LogP contribution in [-0.2, 0) is 9.59 Å². The zero-order chi connectivity index (χ0) is 15.8. The van der Waals surface area contributed by atoms with Gasteiger partial charge in [-0.05, 0) is 25.7 Å². The predicted octanol–water partition coefficient (Wildman–Crippen LogP) is 2.74. The first-order chi connectivity index (χ1) is 10.2. The number of hydrazone groups is 2. The molecule has 0 aliphatic heterocycles. The summed E-state index contributed by atoms with van der Waals surface area (Å²) < 4.78 is 0. The van der Waals surface area contributed by atoms with Crippen molar-refractivity contribution in [1.82, 2.24) is 10.9 Å². The fourth-order valence-corrected chi connectivity index (χ4v) is 1.48. The Balaban J connectivity index is 3.46. The van der Waals surface area contributed by atoms with Crippen LogP contribution in [0.25, 0.3) is 0 Å². The van der Waals surface area contributed by atoms with Crippen LogP contribution in [0.3, 0.4) is 0 Å². The number of carbonyl (C=O) groups is 2. The number of hydrogen-bond acceptors (Lipinski definition) is 4. The molecule has 0 aliphatic carbocycles. The van der Waals surface area contributed by atoms with E-state index in [0.717, 1.165) is 44.9 Å². The van der Waals surface area contributed by atoms with Crippen molar-refractivity contribution < 1.29 is 9.59 Å². The van der Waals surface area contributed by atoms with E-state index in [-0.39, 0.29) is 11.8 Å². The average molecular weight is 296 g/mol. The van der Waals surface area contributed by atoms with E-state index in [0.29, 0.717) is 12.8 Å². The van der Waals surface area contributed by atoms with Gasteiger partial charge in [0.05, 0.1) is 0 Å². The molecule has 2 N–H and O–H groups in total. The molecule has 0 aromatic carbocycles. The van der Waals surface area contributed by atoms with E-state index in [1.165, 1.54) is 0 Å². The molecule has 120 valence electrons. The average Bonchev–Trinajstić information content (AvgIpc) is 2.48. The van der Waals surface area contributed by atoms with E-state index in [9.17, 15) is 9.59 Å². The number of rotatable bonds is 12. The second-order valence-corrected chi connectivity index (χ2v) is 4.83. The van der Waals surface area contributed by atoms with Gasteiger partial charge >= 0.3 is 0 Å². The number of nitrogens with one attached hydrogen (secondary N) is 2. The van der Waals surface area contributed by atoms with Gasteiger partial charge in [-0.3, -0.25) is 9.59 Å². The molecule has 0 saturated carbocycles. The van der Waals surface area contributed by atoms with E-state index in [1.54, 1.807) is 12.4 Å². The van der Waals surface area contributed by atoms with Gasteiger partial charge in [0, 0.05) is 25.3 Å². The van der Waals surface area contributed by atoms with Crippen molar-refractivity contribution >= 4 is 24.2 Å². The first-order valence-electron chi connectivity index (χ1n) is 7.81. The summed E-state index contributed by atoms with van der Waals surface area (Å²) in [6, 6.07) is 0. The van der Waals surface area contributed by atoms with E-state index in [2.05, 4.69) is 34.9 Å². The van der Waals surface area contributed by atoms with Gasteiger partial charge < -0.3 is 0 Å². The van der Waals surface area contributed by atoms with Crippen LogP contribution in [-0.4, -0.2) is 24.2 Å². The molecule has 0 unspecified atom stereocenters. The highest BCUT2D eigenvalue weighted by molar-refractivity contribution is 5.77. The Labute approximate surface area is 127 Å². The zero-order valence-corrected chi connectivity index (χ0v) is 13.2. The van der Waals surface area contributed by atoms with Crippen LogP contribution in [0.2, 0.25) is 0 Å². The summed E-state index contributed by atoms with van der Waals surface area (Å²) in [6.07, 6.45) is 10.5. The molecule has 0 fully saturated rings. The highest BCUT2D eigenvalue weighted by atomic mass is 16.2. The van der Waals surface area contributed by atoms with Crippen LogP contribution >= 0.6 is 0 Å². The van der Waals surface area contributed by atoms with E-state index < -0.39 is 0 Å². The first kappa shape index (κ1) is 19.3. The Hall–Kier alpha value is -1.72. The lowest BCUT2D eigenvalue weighted by molar-refractivity contribution is -0.121. The van der Waals surface area contributed by atoms with Gasteiger partial charge in [0.25, 0.3) is 0 Å². The third kappa shape index (κ3) is 14.5. The van der Waals surface area contributed by atoms with Gasteiger partial charge in [-0.2, -0.15) is 10.2 Å². The van der Waals surface area contributed by atoms with Crippen molar-refractivity contribution in [2.24, 2.45) is 10.2 Å². The minimum atomic E-state index is -0.0732. The molecule has 2 amide bonds. The second-order valence-electron chi connectivity index (χ2n) is 4.83. The SMILES string of the molecule is CCC/C=N/NC(=O)CCCCCC(=O)N/N=C/CCC. The van der Waals surface area contributed by atoms with Crippen LogP contribution < -0.4 is 10.9 Å². The van der Waals surface area contributed by atoms with E-state index >= 15 is 0 Å². The van der Waals surface area contributed by atoms with E-state index in [1.807, 2.05) is 0 Å². The van der Waals surface area contributed by atoms with Crippen LogP contribution in [0.15, 0.2) is 10.2 Å². The van der Waals surface area contributed by atoms with Crippen LogP contribution in [0, 0.1) is 0 Å². The normalized spacial score (nSPS) is 11.1. The molecule has 0 radical (unpaired) electrons. The van der Waals surface area contributed by atoms with Crippen molar-refractivity contribution in [3.8, 4) is 0 Å². The second kappa shape index (κ2) is 14.7. The summed E-state index contributed by atoms with van der Waals surface area (Å²) in [6.45, 7) is 4.11. The predicted molar refractivity (Wildman–Crippen MR) is 86.2 cm³/mol. The summed E-state index contributed by atoms with van der Waals surface area (Å²) in [7, 11) is 0. The fourth-order valence-electron chi connectivity index (χ4n) is 1.48. The molecule has 0 heterocycles. The smallest absolute Gasteiger partial charge is 0.240 e. The summed E-state index contributed by atoms with van der Waals surface area (Å²) in [5.74, 6) is -0.146. The van der Waals surface area contributed by atoms with Crippen LogP contribution in [0.4, 0.5) is 0 Å². The standard InChI is InChI=1S/C15H28N4O2/c1-3-5-12-16-18-14(20)10-8-7-9-11-15(21)19-17-13-6-4-2/h12-13H,3-11H2,1-2H3,(H,18,20)(H,19,21)/b16-12+,17-13+. The van der Waals surface area contributed by atoms with Crippen molar-refractivity contribution in [3.05, 3.63) is 0 Å². The Morgan fingerprint density at radius 2 is 1.24 bits per heavy atom. The third-order valence-electron chi connectivity index (χ3n) is 2.70. The zero-order valence-electron chi connectivity index (χ0n) is 13.2. The lowest BCUT2D eigenvalue weighted by Crippen LogP contribution is -2.17. The molecule has 21 heavy (non-hydrogen) atoms. The lowest BCUT2D eigenvalue weighted by Gasteiger charge is -2.01. The molecular weight excluding hydrogens is 268 g/mol. The molecule has 0 aromatic heterocycles. The van der Waals surface area contributed by atoms with Crippen LogP contribution in [0.5, 0.6) is 0 Å². The quantitative estimate of drug-likeness (QED) is 0.330. The summed E-state index contributed by atoms with van der Waals surface area (Å²) >= 11 is 0. The molecule has 0 saturated heterocycles. The molecule has 0 atom stereocenters. The van der Waals surface area contributed by atoms with Crippen LogP contribution in [0.1, 0.15) is 71.6 Å². The number of hydrogen-bond donors (Lipinski definition) is 2. The Morgan fingerprint density at radius 1 is 0.810 bits per heavy atom. The summed E-state index contributed by atoms with van der Waals surface area (Å²) in [4.78, 5) is 22.8. The monoisotopic (exact) mass is 296 g/mol. The lowest BCUT2D eigenvalue weighted by atomic mass is 10.1. The summed E-state index contributed by atoms with van der Waals surface area (Å²) in [5.41, 5.74) is 4.98. The van der Waals surface area contributed by atoms with Gasteiger partial charge in [0.1, 0.15) is 0 Å². The Morgan fingerprint density at radius 3 is 1.62 bits per heavy atom. The molecule has 0 rings (SSSR count). The number of unbranched alkanes of at least 4 members (excludes halogenated alkanes) is 4. The fraction of sp³-hybridized carbons (Fsp3) is 0.733. The first-order valence-corrected chi connectivity index (χ1v) is 7.81. The third-order valence-corrected chi connectivity index (χ3v) is 2.70. The van der Waals surface area contributed by atoms with E-state index in [4.69, 9.17) is 0 Å². The highest BCUT2D eigenvalue weighted by Gasteiger charge is 2.01. The van der Waals surface area contributed by atoms with Gasteiger partial charge in [0.15, 0.2) is 0 Å². The van der Waals surface area contributed by atoms with Crippen molar-refractivity contribution in [1.29, 1.82) is 0 Å². The van der Waals surface area contributed by atoms with Crippen molar-refractivity contribution in [2.75, 3.05) is 0 Å². The molecule has 6 nitrogen and oxygen atoms in total. The van der Waals surface area contributed by atoms with Gasteiger partial charge in [-0.25, -0.2) is 10.9 Å². The topological polar surface area (TPSA) is 82.9 Å². The number of carbonyl (C=O) groups excluding carboxylic acids is 2. The minimum absolute atomic E-state index is 0.0732. The maximum absolute atomic E-state index is 11.4. The van der Waals surface area contributed by atoms with Gasteiger partial charge in [-0.1, -0.05) is 33.1 Å². The molecule has 0 aliphatic rings. The maximum Gasteiger partial charge on any atom is 0.240 e. The molecule has 6 heteroatoms. The molecule has 0 spiro atoms. The van der Waals surface area contributed by atoms with Crippen molar-refractivity contribution in [2.45, 2.75) is 71.6 Å². The number of amides is 2. The van der Waals surface area contributed by atoms with Crippen molar-refractivity contribution in [3.63, 3.8) is 0 Å². The van der Waals surface area contributed by atoms with Gasteiger partial charge in [-0.15, -0.1) is 0 Å². The molecular formula is C15H28N4O2. The Kier molecular flexibility index (Phi) is 13.5. The largest absolute Gasteiger partial charge is 0.273 e. The highest BCUT2D eigenvalue weighted by Crippen LogP contribution is 2.03. The van der Waals surface area contributed by atoms with Gasteiger partial charge in [0.2, 0.25) is 11.8 Å². The Bertz CT molecular complexity index is 309. The number of nitrogens with zero attached hydrogens (tertiary/aromatic N) is 2. The summed E-state index contributed by atoms with van der Waals surface area (Å²) in [5, 5.41) is 7.66. The molecule has 0 bridgehead atoms. The maximum atomic E-state index is 11.4.